The van der Waals surface area contributed by atoms with E-state index in [-0.39, 0.29) is 25.3 Å². The molecule has 144 valence electrons. The summed E-state index contributed by atoms with van der Waals surface area (Å²) in [6, 6.07) is 9.11. The van der Waals surface area contributed by atoms with Crippen LogP contribution in [-0.2, 0) is 30.5 Å². The molecule has 0 aromatic heterocycles. The predicted molar refractivity (Wildman–Crippen MR) is 93.6 cm³/mol. The summed E-state index contributed by atoms with van der Waals surface area (Å²) in [5.41, 5.74) is 0.886. The van der Waals surface area contributed by atoms with Crippen molar-refractivity contribution in [2.45, 2.75) is 37.7 Å². The quantitative estimate of drug-likeness (QED) is 0.709. The van der Waals surface area contributed by atoms with Crippen LogP contribution in [-0.4, -0.2) is 69.1 Å². The fraction of sp³-hybridized carbons (Fsp3) is 0.588. The lowest BCUT2D eigenvalue weighted by atomic mass is 10.1. The van der Waals surface area contributed by atoms with Crippen LogP contribution in [0.15, 0.2) is 30.3 Å². The van der Waals surface area contributed by atoms with E-state index in [9.17, 15) is 13.2 Å². The van der Waals surface area contributed by atoms with Crippen molar-refractivity contribution < 1.29 is 27.0 Å². The van der Waals surface area contributed by atoms with Crippen molar-refractivity contribution >= 4 is 16.2 Å². The Bertz CT molecular complexity index is 726. The molecule has 8 nitrogen and oxygen atoms in total. The lowest BCUT2D eigenvalue weighted by molar-refractivity contribution is -0.142. The Kier molecular flexibility index (Phi) is 5.81. The molecule has 2 fully saturated rings. The number of likely N-dealkylation sites (tertiary alicyclic amines) is 1. The number of nitrogens with zero attached hydrogens (tertiary/aromatic N) is 2. The van der Waals surface area contributed by atoms with E-state index in [1.54, 1.807) is 5.06 Å². The minimum Gasteiger partial charge on any atom is -0.445 e. The van der Waals surface area contributed by atoms with Gasteiger partial charge >= 0.3 is 6.09 Å². The molecular formula is C17H24N2O6S. The monoisotopic (exact) mass is 384 g/mol. The zero-order valence-corrected chi connectivity index (χ0v) is 15.7. The molecule has 3 rings (SSSR count). The Balaban J connectivity index is 1.67. The number of hydroxylamine groups is 2. The summed E-state index contributed by atoms with van der Waals surface area (Å²) >= 11 is 0. The maximum absolute atomic E-state index is 12.6. The zero-order valence-electron chi connectivity index (χ0n) is 14.9. The standard InChI is InChI=1S/C17H24N2O6S/c1-18-9-8-16(24-18)15-10-14(25-26(2,21)22)11-19(15)17(20)23-12-13-6-4-3-5-7-13/h3-7,14-16H,8-12H2,1-2H3/t14-,15+,16+/m1/s1. The van der Waals surface area contributed by atoms with Crippen molar-refractivity contribution in [2.24, 2.45) is 0 Å². The molecule has 0 aliphatic carbocycles. The number of amides is 1. The largest absolute Gasteiger partial charge is 0.445 e. The summed E-state index contributed by atoms with van der Waals surface area (Å²) in [5.74, 6) is 0. The first-order valence-electron chi connectivity index (χ1n) is 8.55. The second kappa shape index (κ2) is 7.91. The van der Waals surface area contributed by atoms with Gasteiger partial charge in [0.25, 0.3) is 10.1 Å². The molecule has 3 atom stereocenters. The lowest BCUT2D eigenvalue weighted by Crippen LogP contribution is -2.43. The number of ether oxygens (including phenoxy) is 1. The van der Waals surface area contributed by atoms with Crippen LogP contribution >= 0.6 is 0 Å². The molecule has 0 unspecified atom stereocenters. The summed E-state index contributed by atoms with van der Waals surface area (Å²) < 4.78 is 33.4. The van der Waals surface area contributed by atoms with E-state index in [0.717, 1.165) is 24.8 Å². The van der Waals surface area contributed by atoms with Gasteiger partial charge in [0.05, 0.1) is 24.9 Å². The van der Waals surface area contributed by atoms with Gasteiger partial charge < -0.3 is 4.74 Å². The van der Waals surface area contributed by atoms with Gasteiger partial charge in [-0.3, -0.25) is 13.9 Å². The predicted octanol–water partition coefficient (Wildman–Crippen LogP) is 1.38. The molecule has 2 saturated heterocycles. The van der Waals surface area contributed by atoms with Crippen molar-refractivity contribution in [2.75, 3.05) is 26.4 Å². The number of rotatable bonds is 5. The van der Waals surface area contributed by atoms with Crippen LogP contribution in [0.3, 0.4) is 0 Å². The number of carbonyl (C=O) groups excluding carboxylic acids is 1. The summed E-state index contributed by atoms with van der Waals surface area (Å²) in [4.78, 5) is 19.9. The lowest BCUT2D eigenvalue weighted by Gasteiger charge is -2.27. The van der Waals surface area contributed by atoms with E-state index in [4.69, 9.17) is 13.8 Å². The molecule has 2 heterocycles. The fourth-order valence-corrected chi connectivity index (χ4v) is 4.05. The maximum atomic E-state index is 12.6. The Labute approximate surface area is 153 Å². The highest BCUT2D eigenvalue weighted by Gasteiger charge is 2.44. The highest BCUT2D eigenvalue weighted by Crippen LogP contribution is 2.30. The second-order valence-electron chi connectivity index (χ2n) is 6.70. The van der Waals surface area contributed by atoms with E-state index in [2.05, 4.69) is 0 Å². The van der Waals surface area contributed by atoms with Crippen molar-refractivity contribution in [3.05, 3.63) is 35.9 Å². The van der Waals surface area contributed by atoms with Gasteiger partial charge in [-0.25, -0.2) is 4.79 Å². The minimum absolute atomic E-state index is 0.159. The molecule has 0 bridgehead atoms. The van der Waals surface area contributed by atoms with Crippen LogP contribution in [0, 0.1) is 0 Å². The third-order valence-electron chi connectivity index (χ3n) is 4.53. The molecule has 0 spiro atoms. The third kappa shape index (κ3) is 4.94. The molecule has 0 saturated carbocycles. The van der Waals surface area contributed by atoms with Gasteiger partial charge in [-0.15, -0.1) is 0 Å². The third-order valence-corrected chi connectivity index (χ3v) is 5.15. The minimum atomic E-state index is -3.60. The molecule has 2 aliphatic heterocycles. The Morgan fingerprint density at radius 1 is 1.31 bits per heavy atom. The van der Waals surface area contributed by atoms with Crippen molar-refractivity contribution in [1.29, 1.82) is 0 Å². The highest BCUT2D eigenvalue weighted by molar-refractivity contribution is 7.86. The van der Waals surface area contributed by atoms with Gasteiger partial charge in [0.2, 0.25) is 0 Å². The average Bonchev–Trinajstić information content (AvgIpc) is 3.18. The van der Waals surface area contributed by atoms with Crippen molar-refractivity contribution in [1.82, 2.24) is 9.96 Å². The molecule has 1 amide bonds. The molecule has 0 radical (unpaired) electrons. The second-order valence-corrected chi connectivity index (χ2v) is 8.30. The smallest absolute Gasteiger partial charge is 0.410 e. The molecule has 26 heavy (non-hydrogen) atoms. The summed E-state index contributed by atoms with van der Waals surface area (Å²) in [6.45, 7) is 1.08. The molecule has 9 heteroatoms. The summed E-state index contributed by atoms with van der Waals surface area (Å²) in [6.07, 6.45) is 0.891. The van der Waals surface area contributed by atoms with E-state index in [1.807, 2.05) is 37.4 Å². The Morgan fingerprint density at radius 3 is 2.65 bits per heavy atom. The van der Waals surface area contributed by atoms with Gasteiger partial charge in [0.15, 0.2) is 0 Å². The molecule has 0 N–H and O–H groups in total. The number of carbonyl (C=O) groups is 1. The van der Waals surface area contributed by atoms with Crippen LogP contribution in [0.25, 0.3) is 0 Å². The van der Waals surface area contributed by atoms with Gasteiger partial charge in [-0.05, 0) is 18.4 Å². The van der Waals surface area contributed by atoms with E-state index < -0.39 is 22.3 Å². The van der Waals surface area contributed by atoms with E-state index >= 15 is 0 Å². The first kappa shape index (κ1) is 19.1. The number of hydrogen-bond donors (Lipinski definition) is 0. The van der Waals surface area contributed by atoms with E-state index in [1.165, 1.54) is 4.90 Å². The average molecular weight is 384 g/mol. The van der Waals surface area contributed by atoms with Crippen LogP contribution in [0.1, 0.15) is 18.4 Å². The fourth-order valence-electron chi connectivity index (χ4n) is 3.42. The van der Waals surface area contributed by atoms with E-state index in [0.29, 0.717) is 6.42 Å². The van der Waals surface area contributed by atoms with Crippen LogP contribution in [0.5, 0.6) is 0 Å². The van der Waals surface area contributed by atoms with Gasteiger partial charge in [0.1, 0.15) is 12.7 Å². The summed E-state index contributed by atoms with van der Waals surface area (Å²) in [7, 11) is -1.77. The highest BCUT2D eigenvalue weighted by atomic mass is 32.2. The Hall–Kier alpha value is -1.68. The first-order chi connectivity index (χ1) is 12.3. The summed E-state index contributed by atoms with van der Waals surface area (Å²) in [5, 5.41) is 1.73. The van der Waals surface area contributed by atoms with Gasteiger partial charge in [-0.1, -0.05) is 30.3 Å². The maximum Gasteiger partial charge on any atom is 0.410 e. The van der Waals surface area contributed by atoms with Crippen LogP contribution < -0.4 is 0 Å². The van der Waals surface area contributed by atoms with Gasteiger partial charge in [0, 0.05) is 13.6 Å². The van der Waals surface area contributed by atoms with Crippen LogP contribution in [0.4, 0.5) is 4.79 Å². The zero-order chi connectivity index (χ0) is 18.7. The van der Waals surface area contributed by atoms with Crippen molar-refractivity contribution in [3.63, 3.8) is 0 Å². The Morgan fingerprint density at radius 2 is 2.04 bits per heavy atom. The van der Waals surface area contributed by atoms with Gasteiger partial charge in [-0.2, -0.15) is 13.5 Å². The molecule has 2 aliphatic rings. The number of hydrogen-bond acceptors (Lipinski definition) is 7. The normalized spacial score (nSPS) is 27.0. The molecular weight excluding hydrogens is 360 g/mol. The SMILES string of the molecule is CN1CC[C@@H]([C@@H]2C[C@@H](OS(C)(=O)=O)CN2C(=O)OCc2ccccc2)O1. The molecule has 1 aromatic carbocycles. The van der Waals surface area contributed by atoms with Crippen LogP contribution in [0.2, 0.25) is 0 Å². The molecule has 1 aromatic rings. The van der Waals surface area contributed by atoms with Crippen molar-refractivity contribution in [3.8, 4) is 0 Å². The topological polar surface area (TPSA) is 85.4 Å². The first-order valence-corrected chi connectivity index (χ1v) is 10.4. The number of benzene rings is 1.